The first kappa shape index (κ1) is 5.16. The van der Waals surface area contributed by atoms with Crippen molar-refractivity contribution < 1.29 is 0 Å². The summed E-state index contributed by atoms with van der Waals surface area (Å²) in [7, 11) is 0. The Hall–Kier alpha value is -0.980. The van der Waals surface area contributed by atoms with Crippen molar-refractivity contribution in [3.8, 4) is 0 Å². The molecule has 0 saturated carbocycles. The van der Waals surface area contributed by atoms with Crippen molar-refractivity contribution in [2.24, 2.45) is 0 Å². The highest BCUT2D eigenvalue weighted by molar-refractivity contribution is 5.16. The summed E-state index contributed by atoms with van der Waals surface area (Å²) in [6, 6.07) is 3.96. The lowest BCUT2D eigenvalue weighted by Gasteiger charge is -1.67. The van der Waals surface area contributed by atoms with Gasteiger partial charge in [0.15, 0.2) is 0 Å². The quantitative estimate of drug-likeness (QED) is 0.488. The third-order valence-electron chi connectivity index (χ3n) is 1.08. The maximum atomic E-state index is 3.71. The van der Waals surface area contributed by atoms with Gasteiger partial charge in [0.2, 0.25) is 0 Å². The van der Waals surface area contributed by atoms with Crippen LogP contribution < -0.4 is 10.7 Å². The summed E-state index contributed by atoms with van der Waals surface area (Å²) in [6.07, 6.45) is 2.01. The molecular formula is C7H9N. The zero-order chi connectivity index (χ0) is 5.98. The van der Waals surface area contributed by atoms with Gasteiger partial charge in [-0.15, -0.1) is 0 Å². The van der Waals surface area contributed by atoms with Gasteiger partial charge in [-0.1, -0.05) is 12.7 Å². The summed E-state index contributed by atoms with van der Waals surface area (Å²) in [5.74, 6) is 0. The maximum Gasteiger partial charge on any atom is 0.0341 e. The second-order valence-electron chi connectivity index (χ2n) is 1.73. The van der Waals surface area contributed by atoms with Gasteiger partial charge in [-0.3, -0.25) is 0 Å². The minimum Gasteiger partial charge on any atom is -0.356 e. The molecule has 1 N–H and O–H groups in total. The van der Waals surface area contributed by atoms with Crippen LogP contribution in [0, 0.1) is 0 Å². The molecule has 0 aromatic carbocycles. The topological polar surface area (TPSA) is 15.8 Å². The van der Waals surface area contributed by atoms with E-state index in [9.17, 15) is 0 Å². The first-order valence-corrected chi connectivity index (χ1v) is 2.63. The van der Waals surface area contributed by atoms with Crippen molar-refractivity contribution in [3.05, 3.63) is 22.8 Å². The summed E-state index contributed by atoms with van der Waals surface area (Å²) < 4.78 is 0. The minimum atomic E-state index is 0.970. The van der Waals surface area contributed by atoms with E-state index in [0.29, 0.717) is 0 Å². The molecule has 8 heavy (non-hydrogen) atoms. The van der Waals surface area contributed by atoms with Gasteiger partial charge in [0.05, 0.1) is 0 Å². The van der Waals surface area contributed by atoms with E-state index in [2.05, 4.69) is 11.6 Å². The van der Waals surface area contributed by atoms with Crippen molar-refractivity contribution >= 4 is 12.7 Å². The molecular weight excluding hydrogens is 98.1 g/mol. The van der Waals surface area contributed by atoms with Crippen LogP contribution in [0.4, 0.5) is 0 Å². The molecule has 0 bridgehead atoms. The SMILES string of the molecule is C=c1cc/c(=C/C)[nH]1. The number of nitrogens with one attached hydrogen (secondary N) is 1. The van der Waals surface area contributed by atoms with Crippen LogP contribution in [-0.2, 0) is 0 Å². The molecule has 1 nitrogen and oxygen atoms in total. The second kappa shape index (κ2) is 1.86. The fourth-order valence-corrected chi connectivity index (χ4v) is 0.627. The molecule has 0 saturated heterocycles. The van der Waals surface area contributed by atoms with Crippen molar-refractivity contribution in [3.63, 3.8) is 0 Å². The molecule has 0 fully saturated rings. The molecule has 0 aliphatic rings. The number of rotatable bonds is 0. The van der Waals surface area contributed by atoms with Crippen LogP contribution in [0.15, 0.2) is 12.1 Å². The Morgan fingerprint density at radius 3 is 2.62 bits per heavy atom. The highest BCUT2D eigenvalue weighted by Crippen LogP contribution is 1.59. The standard InChI is InChI=1S/C7H9N/c1-3-7-5-4-6(2)8-7/h3-5,8H,2H2,1H3/b7-3-. The van der Waals surface area contributed by atoms with Crippen LogP contribution >= 0.6 is 0 Å². The normalized spacial score (nSPS) is 12.4. The number of aromatic nitrogens is 1. The Bertz CT molecular complexity index is 256. The van der Waals surface area contributed by atoms with Gasteiger partial charge in [-0.05, 0) is 19.1 Å². The molecule has 42 valence electrons. The molecule has 1 aromatic rings. The Morgan fingerprint density at radius 2 is 2.38 bits per heavy atom. The number of hydrogen-bond acceptors (Lipinski definition) is 0. The van der Waals surface area contributed by atoms with Gasteiger partial charge >= 0.3 is 0 Å². The summed E-state index contributed by atoms with van der Waals surface area (Å²) in [5.41, 5.74) is 0. The van der Waals surface area contributed by atoms with E-state index in [1.165, 1.54) is 0 Å². The van der Waals surface area contributed by atoms with Crippen LogP contribution in [0.2, 0.25) is 0 Å². The minimum absolute atomic E-state index is 0.970. The van der Waals surface area contributed by atoms with E-state index in [0.717, 1.165) is 10.7 Å². The first-order valence-electron chi connectivity index (χ1n) is 2.63. The summed E-state index contributed by atoms with van der Waals surface area (Å²) in [5, 5.41) is 2.10. The lowest BCUT2D eigenvalue weighted by atomic mass is 10.5. The monoisotopic (exact) mass is 107 g/mol. The Balaban J connectivity index is 3.41. The Morgan fingerprint density at radius 1 is 1.62 bits per heavy atom. The van der Waals surface area contributed by atoms with Crippen LogP contribution in [0.3, 0.4) is 0 Å². The predicted molar refractivity (Wildman–Crippen MR) is 35.7 cm³/mol. The zero-order valence-electron chi connectivity index (χ0n) is 4.94. The molecule has 0 aliphatic heterocycles. The Labute approximate surface area is 48.4 Å². The molecule has 0 atom stereocenters. The smallest absolute Gasteiger partial charge is 0.0341 e. The van der Waals surface area contributed by atoms with Crippen molar-refractivity contribution in [2.75, 3.05) is 0 Å². The Kier molecular flexibility index (Phi) is 1.20. The van der Waals surface area contributed by atoms with Crippen LogP contribution in [0.25, 0.3) is 12.7 Å². The van der Waals surface area contributed by atoms with Crippen molar-refractivity contribution in [1.82, 2.24) is 4.98 Å². The largest absolute Gasteiger partial charge is 0.356 e. The van der Waals surface area contributed by atoms with Gasteiger partial charge in [0.1, 0.15) is 0 Å². The number of hydrogen-bond donors (Lipinski definition) is 1. The summed E-state index contributed by atoms with van der Waals surface area (Å²) in [6.45, 7) is 5.70. The van der Waals surface area contributed by atoms with Crippen LogP contribution in [0.1, 0.15) is 6.92 Å². The molecule has 0 amide bonds. The van der Waals surface area contributed by atoms with E-state index in [4.69, 9.17) is 0 Å². The number of aromatic amines is 1. The van der Waals surface area contributed by atoms with E-state index in [-0.39, 0.29) is 0 Å². The van der Waals surface area contributed by atoms with Gasteiger partial charge in [-0.2, -0.15) is 0 Å². The van der Waals surface area contributed by atoms with Gasteiger partial charge < -0.3 is 4.98 Å². The molecule has 0 spiro atoms. The van der Waals surface area contributed by atoms with Gasteiger partial charge in [0, 0.05) is 10.7 Å². The maximum absolute atomic E-state index is 3.71. The molecule has 1 aromatic heterocycles. The highest BCUT2D eigenvalue weighted by Gasteiger charge is 1.73. The molecule has 1 heteroatoms. The fourth-order valence-electron chi connectivity index (χ4n) is 0.627. The molecule has 1 rings (SSSR count). The highest BCUT2D eigenvalue weighted by atomic mass is 14.7. The summed E-state index contributed by atoms with van der Waals surface area (Å²) >= 11 is 0. The molecule has 1 heterocycles. The van der Waals surface area contributed by atoms with Crippen LogP contribution in [0.5, 0.6) is 0 Å². The molecule has 0 radical (unpaired) electrons. The predicted octanol–water partition coefficient (Wildman–Crippen LogP) is 0.225. The fraction of sp³-hybridized carbons (Fsp3) is 0.143. The molecule has 0 unspecified atom stereocenters. The van der Waals surface area contributed by atoms with Crippen molar-refractivity contribution in [1.29, 1.82) is 0 Å². The average Bonchev–Trinajstić information content (AvgIpc) is 2.14. The van der Waals surface area contributed by atoms with Crippen LogP contribution in [-0.4, -0.2) is 4.98 Å². The van der Waals surface area contributed by atoms with E-state index >= 15 is 0 Å². The zero-order valence-corrected chi connectivity index (χ0v) is 4.94. The van der Waals surface area contributed by atoms with E-state index < -0.39 is 0 Å². The van der Waals surface area contributed by atoms with Gasteiger partial charge in [-0.25, -0.2) is 0 Å². The third kappa shape index (κ3) is 0.808. The lowest BCUT2D eigenvalue weighted by molar-refractivity contribution is 1.27. The lowest BCUT2D eigenvalue weighted by Crippen LogP contribution is -2.05. The van der Waals surface area contributed by atoms with Gasteiger partial charge in [0.25, 0.3) is 0 Å². The second-order valence-corrected chi connectivity index (χ2v) is 1.73. The third-order valence-corrected chi connectivity index (χ3v) is 1.08. The average molecular weight is 107 g/mol. The molecule has 0 aliphatic carbocycles. The van der Waals surface area contributed by atoms with Crippen molar-refractivity contribution in [2.45, 2.75) is 6.92 Å². The van der Waals surface area contributed by atoms with E-state index in [1.54, 1.807) is 0 Å². The summed E-state index contributed by atoms with van der Waals surface area (Å²) in [4.78, 5) is 3.06. The van der Waals surface area contributed by atoms with E-state index in [1.807, 2.05) is 25.1 Å². The number of H-pyrrole nitrogens is 1. The first-order chi connectivity index (χ1) is 3.83.